The van der Waals surface area contributed by atoms with Crippen LogP contribution in [0, 0.1) is 21.7 Å². The van der Waals surface area contributed by atoms with E-state index in [1.54, 1.807) is 0 Å². The molecule has 0 saturated heterocycles. The summed E-state index contributed by atoms with van der Waals surface area (Å²) in [5.41, 5.74) is -5.51. The largest absolute Gasteiger partial charge is 0.465 e. The number of esters is 18. The van der Waals surface area contributed by atoms with Crippen molar-refractivity contribution in [3.8, 4) is 0 Å². The van der Waals surface area contributed by atoms with E-state index >= 15 is 0 Å². The van der Waals surface area contributed by atoms with Crippen molar-refractivity contribution >= 4 is 107 Å². The Hall–Kier alpha value is -12.7. The van der Waals surface area contributed by atoms with Crippen molar-refractivity contribution in [1.82, 2.24) is 0 Å². The number of carbonyl (C=O) groups excluding carboxylic acids is 18. The van der Waals surface area contributed by atoms with Crippen molar-refractivity contribution in [2.24, 2.45) is 21.7 Å². The van der Waals surface area contributed by atoms with Crippen LogP contribution in [0.3, 0.4) is 0 Å². The molecule has 0 aliphatic heterocycles. The minimum atomic E-state index is -1.60. The van der Waals surface area contributed by atoms with E-state index in [9.17, 15) is 86.3 Å². The van der Waals surface area contributed by atoms with Crippen LogP contribution in [0.15, 0.2) is 149 Å². The monoisotopic (exact) mass is 1920 g/mol. The number of hydrogen-bond donors (Lipinski definition) is 0. The van der Waals surface area contributed by atoms with Crippen LogP contribution in [0.5, 0.6) is 0 Å². The van der Waals surface area contributed by atoms with Crippen LogP contribution in [0.4, 0.5) is 0 Å². The molecule has 0 amide bonds. The van der Waals surface area contributed by atoms with Gasteiger partial charge in [-0.05, 0) is 157 Å². The number of unbranched alkanes of at least 4 members (excludes halogenated alkanes) is 12. The number of rotatable bonds is 80. The zero-order valence-corrected chi connectivity index (χ0v) is 80.0. The summed E-state index contributed by atoms with van der Waals surface area (Å²) < 4.78 is 109. The minimum absolute atomic E-state index is 0.0300. The van der Waals surface area contributed by atoms with Crippen molar-refractivity contribution < 1.29 is 181 Å². The fourth-order valence-corrected chi connectivity index (χ4v) is 10.5. The Kier molecular flexibility index (Phi) is 68.7. The number of hydrogen-bond acceptors (Lipinski definition) is 38. The molecule has 136 heavy (non-hydrogen) atoms. The first-order valence-electron chi connectivity index (χ1n) is 44.3. The molecule has 0 aromatic carbocycles. The molecular formula is C98H140O38. The molecule has 0 heterocycles. The van der Waals surface area contributed by atoms with E-state index in [-0.39, 0.29) is 112 Å². The van der Waals surface area contributed by atoms with Gasteiger partial charge in [-0.15, -0.1) is 0 Å². The summed E-state index contributed by atoms with van der Waals surface area (Å²) in [6, 6.07) is 0. The Morgan fingerprint density at radius 3 is 0.478 bits per heavy atom. The smallest absolute Gasteiger partial charge is 0.333 e. The highest BCUT2D eigenvalue weighted by molar-refractivity contribution is 5.90. The molecule has 0 bridgehead atoms. The van der Waals surface area contributed by atoms with Gasteiger partial charge in [0.25, 0.3) is 0 Å². The molecule has 0 radical (unpaired) electrons. The van der Waals surface area contributed by atoms with E-state index in [4.69, 9.17) is 94.7 Å². The lowest BCUT2D eigenvalue weighted by Crippen LogP contribution is -2.47. The van der Waals surface area contributed by atoms with Crippen LogP contribution in [-0.2, 0) is 181 Å². The highest BCUT2D eigenvalue weighted by Crippen LogP contribution is 2.30. The zero-order chi connectivity index (χ0) is 103. The molecule has 0 aromatic rings. The lowest BCUT2D eigenvalue weighted by molar-refractivity contribution is -0.177. The number of carbonyl (C=O) groups is 18. The van der Waals surface area contributed by atoms with Gasteiger partial charge in [-0.2, -0.15) is 0 Å². The molecule has 0 aliphatic rings. The Bertz CT molecular complexity index is 3860. The Morgan fingerprint density at radius 2 is 0.316 bits per heavy atom. The fourth-order valence-electron chi connectivity index (χ4n) is 10.5. The second-order valence-electron chi connectivity index (χ2n) is 32.2. The highest BCUT2D eigenvalue weighted by Gasteiger charge is 2.44. The van der Waals surface area contributed by atoms with Crippen molar-refractivity contribution in [3.05, 3.63) is 149 Å². The molecule has 0 unspecified atom stereocenters. The third kappa shape index (κ3) is 64.2. The summed E-state index contributed by atoms with van der Waals surface area (Å²) in [6.45, 7) is 42.9. The standard InChI is InChI=1S/C52H76O19.C46H64O19/c1-36(2)45(56)63-25-19-13-16-22-42(53)66-30-51(33-69-48(59)39(7)8,31-67-43(54)23-17-14-20-26-64-46(57)37(3)4)28-62-29-52(34-70-49(60)40(9)10,35-71-50(61)41(11)12)32-68-44(55)24-18-15-21-27-65-47(58)38(5)6;1-7-36(47)57-25-19-13-16-22-42(53)63-33-45(30-60-39(50)10-4,31-61-40(51)11-5)28-56-29-46(32-62-41(52)12-6,34-64-43(54)23-17-14-20-26-58-37(48)8-2)35-65-44(55)24-18-15-21-27-59-38(49)9-3/h1,3,5,7,9,11,13-35H2,2,4,6,8,10,12H3;7-12H,1-6,13-35H2. The van der Waals surface area contributed by atoms with Crippen LogP contribution in [0.25, 0.3) is 0 Å². The minimum Gasteiger partial charge on any atom is -0.465 e. The molecule has 0 N–H and O–H groups in total. The fraction of sp³-hybridized carbons (Fsp3) is 0.571. The first kappa shape index (κ1) is 125. The third-order valence-electron chi connectivity index (χ3n) is 18.6. The maximum Gasteiger partial charge on any atom is 0.333 e. The van der Waals surface area contributed by atoms with Crippen LogP contribution >= 0.6 is 0 Å². The van der Waals surface area contributed by atoms with Gasteiger partial charge in [0.1, 0.15) is 79.3 Å². The second-order valence-corrected chi connectivity index (χ2v) is 32.2. The molecule has 0 aromatic heterocycles. The summed E-state index contributed by atoms with van der Waals surface area (Å²) in [4.78, 5) is 222. The molecule has 760 valence electrons. The topological polar surface area (TPSA) is 492 Å². The lowest BCUT2D eigenvalue weighted by Gasteiger charge is -2.35. The van der Waals surface area contributed by atoms with Gasteiger partial charge in [-0.1, -0.05) is 78.9 Å². The quantitative estimate of drug-likeness (QED) is 0.0236. The molecule has 38 nitrogen and oxygen atoms in total. The van der Waals surface area contributed by atoms with Crippen LogP contribution in [0.2, 0.25) is 0 Å². The average Bonchev–Trinajstić information content (AvgIpc) is 0.837. The predicted octanol–water partition coefficient (Wildman–Crippen LogP) is 11.7. The van der Waals surface area contributed by atoms with Gasteiger partial charge < -0.3 is 94.7 Å². The van der Waals surface area contributed by atoms with Crippen LogP contribution in [0.1, 0.15) is 196 Å². The molecule has 38 heteroatoms. The van der Waals surface area contributed by atoms with Crippen molar-refractivity contribution in [3.63, 3.8) is 0 Å². The van der Waals surface area contributed by atoms with Gasteiger partial charge in [0.2, 0.25) is 0 Å². The van der Waals surface area contributed by atoms with E-state index < -0.39 is 235 Å². The van der Waals surface area contributed by atoms with Crippen molar-refractivity contribution in [2.45, 2.75) is 196 Å². The SMILES string of the molecule is C=C(C)C(=O)OCCCCCC(=O)OCC(COCC(COC(=O)CCCCCOC(=O)C(=C)C)(COC(=O)C(=C)C)COC(=O)C(=C)C)(COC(=O)CCCCCOC(=O)C(=C)C)COC(=O)C(=C)C.C=CC(=O)OCCCCCC(=O)OCC(COCC(COC(=O)C=C)(COC(=O)CCCCCOC(=O)C=C)COC(=O)CCCCCOC(=O)C=C)(COC(=O)C=C)COC(=O)C=C. The average molecular weight is 1930 g/mol. The van der Waals surface area contributed by atoms with E-state index in [1.807, 2.05) is 0 Å². The predicted molar refractivity (Wildman–Crippen MR) is 490 cm³/mol. The Labute approximate surface area is 796 Å². The van der Waals surface area contributed by atoms with Gasteiger partial charge in [0.15, 0.2) is 0 Å². The van der Waals surface area contributed by atoms with Gasteiger partial charge in [-0.25, -0.2) is 57.5 Å². The molecule has 0 fully saturated rings. The van der Waals surface area contributed by atoms with Gasteiger partial charge >= 0.3 is 107 Å². The van der Waals surface area contributed by atoms with Gasteiger partial charge in [0.05, 0.1) is 87.7 Å². The zero-order valence-electron chi connectivity index (χ0n) is 80.0. The van der Waals surface area contributed by atoms with E-state index in [1.165, 1.54) is 41.5 Å². The van der Waals surface area contributed by atoms with Gasteiger partial charge in [0, 0.05) is 108 Å². The van der Waals surface area contributed by atoms with Crippen molar-refractivity contribution in [1.29, 1.82) is 0 Å². The van der Waals surface area contributed by atoms with Gasteiger partial charge in [-0.3, -0.25) is 28.8 Å². The Balaban J connectivity index is 0. The first-order valence-corrected chi connectivity index (χ1v) is 44.3. The second kappa shape index (κ2) is 74.6. The highest BCUT2D eigenvalue weighted by atomic mass is 16.6. The maximum atomic E-state index is 13.2. The van der Waals surface area contributed by atoms with E-state index in [0.29, 0.717) is 116 Å². The summed E-state index contributed by atoms with van der Waals surface area (Å²) >= 11 is 0. The van der Waals surface area contributed by atoms with E-state index in [2.05, 4.69) is 78.9 Å². The van der Waals surface area contributed by atoms with Crippen LogP contribution < -0.4 is 0 Å². The summed E-state index contributed by atoms with van der Waals surface area (Å²) in [5, 5.41) is 0. The summed E-state index contributed by atoms with van der Waals surface area (Å²) in [7, 11) is 0. The third-order valence-corrected chi connectivity index (χ3v) is 18.6. The number of ether oxygens (including phenoxy) is 20. The molecule has 0 aliphatic carbocycles. The summed E-state index contributed by atoms with van der Waals surface area (Å²) in [6.07, 6.45) is 13.4. The Morgan fingerprint density at radius 1 is 0.176 bits per heavy atom. The van der Waals surface area contributed by atoms with Crippen LogP contribution in [-0.4, -0.2) is 253 Å². The normalized spacial score (nSPS) is 10.8. The molecule has 0 spiro atoms. The molecule has 0 atom stereocenters. The summed E-state index contributed by atoms with van der Waals surface area (Å²) in [5.74, 6) is -12.3. The molecule has 0 rings (SSSR count). The first-order chi connectivity index (χ1) is 64.5. The van der Waals surface area contributed by atoms with E-state index in [0.717, 1.165) is 36.5 Å². The molecular weight excluding hydrogens is 1790 g/mol. The lowest BCUT2D eigenvalue weighted by atomic mass is 9.90. The van der Waals surface area contributed by atoms with Crippen molar-refractivity contribution in [2.75, 3.05) is 145 Å². The molecule has 0 saturated carbocycles. The maximum absolute atomic E-state index is 13.2.